The molecule has 3 nitrogen and oxygen atoms in total. The van der Waals surface area contributed by atoms with Crippen molar-refractivity contribution in [2.45, 2.75) is 45.7 Å². The van der Waals surface area contributed by atoms with Gasteiger partial charge in [0.1, 0.15) is 0 Å². The molecule has 2 unspecified atom stereocenters. The van der Waals surface area contributed by atoms with Crippen LogP contribution < -0.4 is 10.6 Å². The van der Waals surface area contributed by atoms with Crippen LogP contribution >= 0.6 is 0 Å². The summed E-state index contributed by atoms with van der Waals surface area (Å²) in [4.78, 5) is 11.5. The second-order valence-corrected chi connectivity index (χ2v) is 4.60. The number of hydrogen-bond donors (Lipinski definition) is 2. The van der Waals surface area contributed by atoms with Crippen LogP contribution in [0.25, 0.3) is 0 Å². The molecule has 13 heavy (non-hydrogen) atoms. The van der Waals surface area contributed by atoms with Gasteiger partial charge in [-0.05, 0) is 32.2 Å². The molecule has 2 N–H and O–H groups in total. The van der Waals surface area contributed by atoms with Crippen LogP contribution in [0.2, 0.25) is 0 Å². The van der Waals surface area contributed by atoms with Crippen molar-refractivity contribution in [3.05, 3.63) is 0 Å². The Labute approximate surface area is 80.3 Å². The summed E-state index contributed by atoms with van der Waals surface area (Å²) in [6.07, 6.45) is 2.33. The summed E-state index contributed by atoms with van der Waals surface area (Å²) in [5, 5.41) is 5.99. The zero-order valence-corrected chi connectivity index (χ0v) is 8.98. The maximum atomic E-state index is 11.5. The molecule has 3 heteroatoms. The van der Waals surface area contributed by atoms with Gasteiger partial charge in [0.2, 0.25) is 5.91 Å². The van der Waals surface area contributed by atoms with Crippen molar-refractivity contribution in [1.82, 2.24) is 10.6 Å². The molecular formula is C10H20N2O. The Hall–Kier alpha value is -0.570. The van der Waals surface area contributed by atoms with Crippen molar-refractivity contribution in [3.8, 4) is 0 Å². The van der Waals surface area contributed by atoms with Gasteiger partial charge < -0.3 is 10.6 Å². The summed E-state index contributed by atoms with van der Waals surface area (Å²) < 4.78 is 0. The standard InChI is InChI=1S/C10H20N2O/c1-7(11-4)9(13)12-8-5-6-10(8,2)3/h7-8,11H,5-6H2,1-4H3,(H,12,13). The summed E-state index contributed by atoms with van der Waals surface area (Å²) in [6.45, 7) is 6.28. The number of amides is 1. The lowest BCUT2D eigenvalue weighted by atomic mass is 9.67. The van der Waals surface area contributed by atoms with Gasteiger partial charge in [-0.25, -0.2) is 0 Å². The zero-order chi connectivity index (χ0) is 10.1. The van der Waals surface area contributed by atoms with Crippen molar-refractivity contribution in [3.63, 3.8) is 0 Å². The van der Waals surface area contributed by atoms with E-state index in [1.165, 1.54) is 6.42 Å². The Morgan fingerprint density at radius 1 is 1.54 bits per heavy atom. The molecule has 0 bridgehead atoms. The average molecular weight is 184 g/mol. The quantitative estimate of drug-likeness (QED) is 0.684. The highest BCUT2D eigenvalue weighted by atomic mass is 16.2. The Morgan fingerprint density at radius 2 is 2.15 bits per heavy atom. The molecule has 0 aromatic rings. The van der Waals surface area contributed by atoms with Crippen molar-refractivity contribution in [2.75, 3.05) is 7.05 Å². The van der Waals surface area contributed by atoms with E-state index in [-0.39, 0.29) is 11.9 Å². The minimum absolute atomic E-state index is 0.0867. The molecule has 1 rings (SSSR count). The van der Waals surface area contributed by atoms with Crippen LogP contribution in [0.15, 0.2) is 0 Å². The number of carbonyl (C=O) groups is 1. The number of nitrogens with one attached hydrogen (secondary N) is 2. The molecule has 1 amide bonds. The van der Waals surface area contributed by atoms with E-state index in [1.54, 1.807) is 7.05 Å². The predicted molar refractivity (Wildman–Crippen MR) is 53.5 cm³/mol. The first kappa shape index (κ1) is 10.5. The molecule has 0 radical (unpaired) electrons. The lowest BCUT2D eigenvalue weighted by molar-refractivity contribution is -0.125. The van der Waals surface area contributed by atoms with E-state index in [0.29, 0.717) is 11.5 Å². The van der Waals surface area contributed by atoms with Crippen LogP contribution in [0, 0.1) is 5.41 Å². The zero-order valence-electron chi connectivity index (χ0n) is 8.98. The first-order valence-corrected chi connectivity index (χ1v) is 4.95. The number of rotatable bonds is 3. The summed E-state index contributed by atoms with van der Waals surface area (Å²) in [5.74, 6) is 0.111. The minimum atomic E-state index is -0.0867. The summed E-state index contributed by atoms with van der Waals surface area (Å²) in [7, 11) is 1.80. The summed E-state index contributed by atoms with van der Waals surface area (Å²) >= 11 is 0. The molecule has 0 heterocycles. The third kappa shape index (κ3) is 2.21. The molecule has 1 aliphatic carbocycles. The second-order valence-electron chi connectivity index (χ2n) is 4.60. The van der Waals surface area contributed by atoms with Gasteiger partial charge in [-0.15, -0.1) is 0 Å². The van der Waals surface area contributed by atoms with E-state index in [4.69, 9.17) is 0 Å². The topological polar surface area (TPSA) is 41.1 Å². The highest BCUT2D eigenvalue weighted by Crippen LogP contribution is 2.39. The molecular weight excluding hydrogens is 164 g/mol. The molecule has 76 valence electrons. The van der Waals surface area contributed by atoms with Crippen molar-refractivity contribution < 1.29 is 4.79 Å². The molecule has 1 fully saturated rings. The first-order valence-electron chi connectivity index (χ1n) is 4.95. The van der Waals surface area contributed by atoms with Crippen molar-refractivity contribution in [1.29, 1.82) is 0 Å². The third-order valence-electron chi connectivity index (χ3n) is 3.16. The number of likely N-dealkylation sites (N-methyl/N-ethyl adjacent to an activating group) is 1. The van der Waals surface area contributed by atoms with E-state index in [2.05, 4.69) is 24.5 Å². The van der Waals surface area contributed by atoms with E-state index in [1.807, 2.05) is 6.92 Å². The van der Waals surface area contributed by atoms with Gasteiger partial charge in [-0.1, -0.05) is 13.8 Å². The smallest absolute Gasteiger partial charge is 0.237 e. The number of hydrogen-bond acceptors (Lipinski definition) is 2. The maximum Gasteiger partial charge on any atom is 0.237 e. The Kier molecular flexibility index (Phi) is 2.96. The molecule has 0 saturated heterocycles. The van der Waals surface area contributed by atoms with Gasteiger partial charge in [-0.2, -0.15) is 0 Å². The van der Waals surface area contributed by atoms with Gasteiger partial charge >= 0.3 is 0 Å². The van der Waals surface area contributed by atoms with Crippen LogP contribution in [0.5, 0.6) is 0 Å². The number of carbonyl (C=O) groups excluding carboxylic acids is 1. The fourth-order valence-electron chi connectivity index (χ4n) is 1.56. The SMILES string of the molecule is CNC(C)C(=O)NC1CCC1(C)C. The molecule has 1 aliphatic rings. The monoisotopic (exact) mass is 184 g/mol. The lowest BCUT2D eigenvalue weighted by Crippen LogP contribution is -2.55. The van der Waals surface area contributed by atoms with Crippen molar-refractivity contribution in [2.24, 2.45) is 5.41 Å². The van der Waals surface area contributed by atoms with Gasteiger partial charge in [0.25, 0.3) is 0 Å². The van der Waals surface area contributed by atoms with Crippen molar-refractivity contribution >= 4 is 5.91 Å². The normalized spacial score (nSPS) is 27.5. The van der Waals surface area contributed by atoms with Crippen LogP contribution in [0.1, 0.15) is 33.6 Å². The Morgan fingerprint density at radius 3 is 2.46 bits per heavy atom. The van der Waals surface area contributed by atoms with Crippen LogP contribution in [0.4, 0.5) is 0 Å². The van der Waals surface area contributed by atoms with Gasteiger partial charge in [-0.3, -0.25) is 4.79 Å². The molecule has 0 aromatic carbocycles. The Bertz CT molecular complexity index is 201. The fraction of sp³-hybridized carbons (Fsp3) is 0.900. The van der Waals surface area contributed by atoms with Crippen LogP contribution in [0.3, 0.4) is 0 Å². The summed E-state index contributed by atoms with van der Waals surface area (Å²) in [6, 6.07) is 0.284. The molecule has 0 aliphatic heterocycles. The Balaban J connectivity index is 2.37. The lowest BCUT2D eigenvalue weighted by Gasteiger charge is -2.45. The van der Waals surface area contributed by atoms with Gasteiger partial charge in [0.15, 0.2) is 0 Å². The first-order chi connectivity index (χ1) is 5.97. The van der Waals surface area contributed by atoms with E-state index in [0.717, 1.165) is 6.42 Å². The van der Waals surface area contributed by atoms with E-state index < -0.39 is 0 Å². The predicted octanol–water partition coefficient (Wildman–Crippen LogP) is 0.899. The summed E-state index contributed by atoms with van der Waals surface area (Å²) in [5.41, 5.74) is 0.295. The highest BCUT2D eigenvalue weighted by molar-refractivity contribution is 5.81. The minimum Gasteiger partial charge on any atom is -0.351 e. The molecule has 1 saturated carbocycles. The fourth-order valence-corrected chi connectivity index (χ4v) is 1.56. The molecule has 0 aromatic heterocycles. The van der Waals surface area contributed by atoms with Crippen LogP contribution in [-0.2, 0) is 4.79 Å². The van der Waals surface area contributed by atoms with E-state index >= 15 is 0 Å². The van der Waals surface area contributed by atoms with Crippen LogP contribution in [-0.4, -0.2) is 25.0 Å². The second kappa shape index (κ2) is 3.66. The largest absolute Gasteiger partial charge is 0.351 e. The van der Waals surface area contributed by atoms with Gasteiger partial charge in [0, 0.05) is 6.04 Å². The molecule has 2 atom stereocenters. The average Bonchev–Trinajstić information content (AvgIpc) is 2.10. The highest BCUT2D eigenvalue weighted by Gasteiger charge is 2.39. The van der Waals surface area contributed by atoms with E-state index in [9.17, 15) is 4.79 Å². The molecule has 0 spiro atoms. The maximum absolute atomic E-state index is 11.5. The van der Waals surface area contributed by atoms with Gasteiger partial charge in [0.05, 0.1) is 6.04 Å². The third-order valence-corrected chi connectivity index (χ3v) is 3.16.